The summed E-state index contributed by atoms with van der Waals surface area (Å²) in [6, 6.07) is 7.89. The van der Waals surface area contributed by atoms with Crippen LogP contribution in [0.15, 0.2) is 24.3 Å². The molecule has 1 aliphatic carbocycles. The van der Waals surface area contributed by atoms with E-state index in [1.807, 2.05) is 24.3 Å². The SMILES string of the molecule is NCCCNC(=O)c1c2c(nc3ccccc13)CCC2. The predicted molar refractivity (Wildman–Crippen MR) is 79.8 cm³/mol. The van der Waals surface area contributed by atoms with Crippen LogP contribution in [0.2, 0.25) is 0 Å². The third kappa shape index (κ3) is 2.27. The zero-order valence-electron chi connectivity index (χ0n) is 11.5. The highest BCUT2D eigenvalue weighted by Gasteiger charge is 2.23. The van der Waals surface area contributed by atoms with Gasteiger partial charge in [0.2, 0.25) is 0 Å². The number of rotatable bonds is 4. The maximum Gasteiger partial charge on any atom is 0.252 e. The lowest BCUT2D eigenvalue weighted by Gasteiger charge is -2.12. The molecule has 3 N–H and O–H groups in total. The molecule has 4 heteroatoms. The monoisotopic (exact) mass is 269 g/mol. The number of aryl methyl sites for hydroxylation is 1. The first-order chi connectivity index (χ1) is 9.81. The number of nitrogens with zero attached hydrogens (tertiary/aromatic N) is 1. The number of fused-ring (bicyclic) bond motifs is 2. The van der Waals surface area contributed by atoms with Crippen molar-refractivity contribution in [1.82, 2.24) is 10.3 Å². The zero-order chi connectivity index (χ0) is 13.9. The smallest absolute Gasteiger partial charge is 0.252 e. The summed E-state index contributed by atoms with van der Waals surface area (Å²) < 4.78 is 0. The van der Waals surface area contributed by atoms with Gasteiger partial charge in [-0.3, -0.25) is 9.78 Å². The van der Waals surface area contributed by atoms with Crippen LogP contribution in [0.5, 0.6) is 0 Å². The van der Waals surface area contributed by atoms with E-state index in [4.69, 9.17) is 10.7 Å². The number of nitrogens with two attached hydrogens (primary N) is 1. The van der Waals surface area contributed by atoms with Crippen molar-refractivity contribution in [1.29, 1.82) is 0 Å². The van der Waals surface area contributed by atoms with Crippen molar-refractivity contribution in [2.24, 2.45) is 5.73 Å². The Bertz CT molecular complexity index is 651. The summed E-state index contributed by atoms with van der Waals surface area (Å²) in [6.07, 6.45) is 3.81. The van der Waals surface area contributed by atoms with Gasteiger partial charge in [0, 0.05) is 17.6 Å². The van der Waals surface area contributed by atoms with Gasteiger partial charge in [-0.25, -0.2) is 0 Å². The highest BCUT2D eigenvalue weighted by molar-refractivity contribution is 6.07. The topological polar surface area (TPSA) is 68.0 Å². The average Bonchev–Trinajstić information content (AvgIpc) is 2.92. The Morgan fingerprint density at radius 2 is 2.15 bits per heavy atom. The molecule has 3 rings (SSSR count). The Kier molecular flexibility index (Phi) is 3.65. The van der Waals surface area contributed by atoms with Gasteiger partial charge in [0.25, 0.3) is 5.91 Å². The lowest BCUT2D eigenvalue weighted by atomic mass is 10.0. The van der Waals surface area contributed by atoms with Gasteiger partial charge in [-0.05, 0) is 43.9 Å². The standard InChI is InChI=1S/C16H19N3O/c17-9-4-10-18-16(20)15-11-5-1-2-7-13(11)19-14-8-3-6-12(14)15/h1-2,5,7H,3-4,6,8-10,17H2,(H,18,20). The van der Waals surface area contributed by atoms with E-state index < -0.39 is 0 Å². The Hall–Kier alpha value is -1.94. The van der Waals surface area contributed by atoms with Crippen LogP contribution in [-0.4, -0.2) is 24.0 Å². The molecular formula is C16H19N3O. The van der Waals surface area contributed by atoms with E-state index in [2.05, 4.69) is 5.32 Å². The summed E-state index contributed by atoms with van der Waals surface area (Å²) in [5, 5.41) is 3.93. The van der Waals surface area contributed by atoms with Crippen LogP contribution in [0.3, 0.4) is 0 Å². The number of carbonyl (C=O) groups is 1. The van der Waals surface area contributed by atoms with E-state index in [0.29, 0.717) is 13.1 Å². The second kappa shape index (κ2) is 5.59. The van der Waals surface area contributed by atoms with Gasteiger partial charge in [0.15, 0.2) is 0 Å². The molecule has 4 nitrogen and oxygen atoms in total. The zero-order valence-corrected chi connectivity index (χ0v) is 11.5. The average molecular weight is 269 g/mol. The molecule has 1 heterocycles. The van der Waals surface area contributed by atoms with Crippen molar-refractivity contribution in [2.45, 2.75) is 25.7 Å². The van der Waals surface area contributed by atoms with Crippen molar-refractivity contribution < 1.29 is 4.79 Å². The fraction of sp³-hybridized carbons (Fsp3) is 0.375. The Balaban J connectivity index is 2.05. The predicted octanol–water partition coefficient (Wildman–Crippen LogP) is 1.80. The molecule has 0 spiro atoms. The van der Waals surface area contributed by atoms with Crippen molar-refractivity contribution in [2.75, 3.05) is 13.1 Å². The van der Waals surface area contributed by atoms with Gasteiger partial charge < -0.3 is 11.1 Å². The molecule has 0 atom stereocenters. The van der Waals surface area contributed by atoms with Gasteiger partial charge in [0.1, 0.15) is 0 Å². The van der Waals surface area contributed by atoms with Crippen molar-refractivity contribution >= 4 is 16.8 Å². The second-order valence-corrected chi connectivity index (χ2v) is 5.18. The third-order valence-electron chi connectivity index (χ3n) is 3.81. The summed E-state index contributed by atoms with van der Waals surface area (Å²) in [5.41, 5.74) is 9.43. The minimum Gasteiger partial charge on any atom is -0.352 e. The molecule has 0 saturated heterocycles. The first-order valence-electron chi connectivity index (χ1n) is 7.20. The Labute approximate surface area is 118 Å². The van der Waals surface area contributed by atoms with Gasteiger partial charge in [-0.15, -0.1) is 0 Å². The fourth-order valence-corrected chi connectivity index (χ4v) is 2.86. The van der Waals surface area contributed by atoms with Crippen molar-refractivity contribution in [3.63, 3.8) is 0 Å². The Morgan fingerprint density at radius 3 is 3.00 bits per heavy atom. The maximum atomic E-state index is 12.5. The number of pyridine rings is 1. The van der Waals surface area contributed by atoms with Crippen LogP contribution in [0.25, 0.3) is 10.9 Å². The molecule has 1 aromatic carbocycles. The summed E-state index contributed by atoms with van der Waals surface area (Å²) in [6.45, 7) is 1.22. The summed E-state index contributed by atoms with van der Waals surface area (Å²) in [7, 11) is 0. The van der Waals surface area contributed by atoms with Crippen LogP contribution in [0, 0.1) is 0 Å². The molecule has 1 aromatic heterocycles. The van der Waals surface area contributed by atoms with Crippen molar-refractivity contribution in [3.8, 4) is 0 Å². The first kappa shape index (κ1) is 13.1. The van der Waals surface area contributed by atoms with Gasteiger partial charge in [0.05, 0.1) is 11.1 Å². The van der Waals surface area contributed by atoms with Gasteiger partial charge in [-0.2, -0.15) is 0 Å². The quantitative estimate of drug-likeness (QED) is 0.832. The minimum absolute atomic E-state index is 0.00944. The van der Waals surface area contributed by atoms with Crippen LogP contribution >= 0.6 is 0 Å². The first-order valence-corrected chi connectivity index (χ1v) is 7.20. The van der Waals surface area contributed by atoms with E-state index >= 15 is 0 Å². The molecule has 20 heavy (non-hydrogen) atoms. The maximum absolute atomic E-state index is 12.5. The molecule has 1 aliphatic rings. The number of aromatic nitrogens is 1. The van der Waals surface area contributed by atoms with E-state index in [9.17, 15) is 4.79 Å². The highest BCUT2D eigenvalue weighted by atomic mass is 16.1. The number of nitrogens with one attached hydrogen (secondary N) is 1. The molecule has 0 unspecified atom stereocenters. The molecule has 0 aliphatic heterocycles. The normalized spacial score (nSPS) is 13.4. The van der Waals surface area contributed by atoms with Crippen LogP contribution in [-0.2, 0) is 12.8 Å². The number of amides is 1. The molecule has 1 amide bonds. The second-order valence-electron chi connectivity index (χ2n) is 5.18. The van der Waals surface area contributed by atoms with E-state index in [1.54, 1.807) is 0 Å². The summed E-state index contributed by atoms with van der Waals surface area (Å²) >= 11 is 0. The van der Waals surface area contributed by atoms with Crippen LogP contribution in [0.1, 0.15) is 34.5 Å². The minimum atomic E-state index is 0.00944. The molecule has 0 radical (unpaired) electrons. The molecule has 0 fully saturated rings. The number of hydrogen-bond acceptors (Lipinski definition) is 3. The van der Waals surface area contributed by atoms with Gasteiger partial charge in [-0.1, -0.05) is 18.2 Å². The van der Waals surface area contributed by atoms with E-state index in [-0.39, 0.29) is 5.91 Å². The lowest BCUT2D eigenvalue weighted by molar-refractivity contribution is 0.0954. The van der Waals surface area contributed by atoms with Crippen molar-refractivity contribution in [3.05, 3.63) is 41.1 Å². The summed E-state index contributed by atoms with van der Waals surface area (Å²) in [4.78, 5) is 17.2. The largest absolute Gasteiger partial charge is 0.352 e. The summed E-state index contributed by atoms with van der Waals surface area (Å²) in [5.74, 6) is 0.00944. The third-order valence-corrected chi connectivity index (χ3v) is 3.81. The van der Waals surface area contributed by atoms with Crippen LogP contribution in [0.4, 0.5) is 0 Å². The molecule has 0 saturated carbocycles. The molecule has 0 bridgehead atoms. The number of carbonyl (C=O) groups excluding carboxylic acids is 1. The fourth-order valence-electron chi connectivity index (χ4n) is 2.86. The molecule has 2 aromatic rings. The molecule has 104 valence electrons. The van der Waals surface area contributed by atoms with Gasteiger partial charge >= 0.3 is 0 Å². The number of benzene rings is 1. The number of hydrogen-bond donors (Lipinski definition) is 2. The highest BCUT2D eigenvalue weighted by Crippen LogP contribution is 2.29. The Morgan fingerprint density at radius 1 is 1.30 bits per heavy atom. The van der Waals surface area contributed by atoms with Crippen LogP contribution < -0.4 is 11.1 Å². The van der Waals surface area contributed by atoms with E-state index in [1.165, 1.54) is 0 Å². The number of para-hydroxylation sites is 1. The lowest BCUT2D eigenvalue weighted by Crippen LogP contribution is -2.27. The molecular weight excluding hydrogens is 250 g/mol. The van der Waals surface area contributed by atoms with E-state index in [0.717, 1.165) is 53.4 Å².